The third-order valence-electron chi connectivity index (χ3n) is 3.85. The molecule has 22 heavy (non-hydrogen) atoms. The lowest BCUT2D eigenvalue weighted by Gasteiger charge is -2.15. The number of nitrogens with one attached hydrogen (secondary N) is 1. The molecule has 2 heterocycles. The van der Waals surface area contributed by atoms with Gasteiger partial charge in [-0.3, -0.25) is 4.79 Å². The molecule has 1 aromatic heterocycles. The van der Waals surface area contributed by atoms with Crippen LogP contribution in [-0.2, 0) is 10.5 Å². The fourth-order valence-electron chi connectivity index (χ4n) is 2.35. The van der Waals surface area contributed by atoms with Crippen LogP contribution >= 0.6 is 34.7 Å². The largest absolute Gasteiger partial charge is 0.321 e. The van der Waals surface area contributed by atoms with Gasteiger partial charge < -0.3 is 5.32 Å². The van der Waals surface area contributed by atoms with Crippen LogP contribution in [0.2, 0.25) is 5.02 Å². The maximum atomic E-state index is 12.5. The van der Waals surface area contributed by atoms with Crippen molar-refractivity contribution in [3.05, 3.63) is 54.6 Å². The Morgan fingerprint density at radius 3 is 2.82 bits per heavy atom. The second-order valence-corrected chi connectivity index (χ2v) is 8.05. The number of aryl methyl sites for hydroxylation is 2. The number of anilines is 1. The molecule has 2 nitrogen and oxygen atoms in total. The highest BCUT2D eigenvalue weighted by Gasteiger charge is 2.21. The summed E-state index contributed by atoms with van der Waals surface area (Å²) in [4.78, 5) is 15.8. The zero-order valence-electron chi connectivity index (χ0n) is 12.6. The van der Waals surface area contributed by atoms with Crippen LogP contribution in [0.15, 0.2) is 23.1 Å². The molecule has 0 saturated carbocycles. The fraction of sp³-hybridized carbons (Fsp3) is 0.235. The van der Waals surface area contributed by atoms with E-state index in [-0.39, 0.29) is 5.91 Å². The molecule has 1 aromatic carbocycles. The van der Waals surface area contributed by atoms with Gasteiger partial charge >= 0.3 is 0 Å². The van der Waals surface area contributed by atoms with Gasteiger partial charge in [-0.1, -0.05) is 17.7 Å². The molecule has 0 fully saturated rings. The van der Waals surface area contributed by atoms with Crippen molar-refractivity contribution >= 4 is 52.4 Å². The van der Waals surface area contributed by atoms with Crippen LogP contribution in [0.1, 0.15) is 26.4 Å². The monoisotopic (exact) mass is 349 g/mol. The average molecular weight is 350 g/mol. The zero-order valence-corrected chi connectivity index (χ0v) is 15.0. The first-order chi connectivity index (χ1) is 10.5. The van der Waals surface area contributed by atoms with Crippen molar-refractivity contribution in [3.8, 4) is 0 Å². The summed E-state index contributed by atoms with van der Waals surface area (Å²) in [5.41, 5.74) is 4.49. The van der Waals surface area contributed by atoms with Gasteiger partial charge in [0.15, 0.2) is 0 Å². The van der Waals surface area contributed by atoms with Gasteiger partial charge in [-0.25, -0.2) is 0 Å². The Balaban J connectivity index is 1.85. The van der Waals surface area contributed by atoms with Crippen molar-refractivity contribution < 1.29 is 4.79 Å². The number of rotatable bonds is 2. The minimum absolute atomic E-state index is 0.0651. The molecule has 114 valence electrons. The molecular weight excluding hydrogens is 334 g/mol. The molecule has 0 aliphatic carbocycles. The second kappa shape index (κ2) is 6.11. The van der Waals surface area contributed by atoms with E-state index in [0.717, 1.165) is 21.9 Å². The number of carbonyl (C=O) groups is 1. The van der Waals surface area contributed by atoms with E-state index in [2.05, 4.69) is 19.2 Å². The van der Waals surface area contributed by atoms with Crippen LogP contribution in [0.5, 0.6) is 0 Å². The quantitative estimate of drug-likeness (QED) is 0.769. The van der Waals surface area contributed by atoms with Crippen molar-refractivity contribution in [2.24, 2.45) is 0 Å². The van der Waals surface area contributed by atoms with Crippen LogP contribution in [-0.4, -0.2) is 5.91 Å². The number of fused-ring (bicyclic) bond motifs is 1. The van der Waals surface area contributed by atoms with Gasteiger partial charge in [0.1, 0.15) is 0 Å². The Morgan fingerprint density at radius 1 is 1.27 bits per heavy atom. The minimum atomic E-state index is -0.0651. The number of benzene rings is 1. The lowest BCUT2D eigenvalue weighted by atomic mass is 10.1. The molecule has 0 spiro atoms. The van der Waals surface area contributed by atoms with E-state index in [0.29, 0.717) is 5.02 Å². The van der Waals surface area contributed by atoms with Gasteiger partial charge in [0.25, 0.3) is 5.91 Å². The number of amides is 1. The van der Waals surface area contributed by atoms with Crippen molar-refractivity contribution in [3.63, 3.8) is 0 Å². The Labute approximate surface area is 143 Å². The number of hydrogen-bond acceptors (Lipinski definition) is 3. The van der Waals surface area contributed by atoms with Gasteiger partial charge in [-0.15, -0.1) is 23.1 Å². The number of hydrogen-bond donors (Lipinski definition) is 1. The van der Waals surface area contributed by atoms with E-state index in [4.69, 9.17) is 11.6 Å². The summed E-state index contributed by atoms with van der Waals surface area (Å²) < 4.78 is 0. The van der Waals surface area contributed by atoms with Gasteiger partial charge in [0, 0.05) is 26.2 Å². The SMILES string of the molecule is Cc1ccc(Cl)cc1NC(=O)C1=Cc2sc(C)c(C)c2CS1. The molecule has 0 saturated heterocycles. The third-order valence-corrected chi connectivity index (χ3v) is 6.33. The van der Waals surface area contributed by atoms with Gasteiger partial charge in [0.2, 0.25) is 0 Å². The van der Waals surface area contributed by atoms with E-state index in [1.165, 1.54) is 20.9 Å². The highest BCUT2D eigenvalue weighted by Crippen LogP contribution is 2.39. The molecule has 1 aliphatic rings. The highest BCUT2D eigenvalue weighted by molar-refractivity contribution is 8.03. The summed E-state index contributed by atoms with van der Waals surface area (Å²) in [6.07, 6.45) is 2.00. The standard InChI is InChI=1S/C17H16ClNOS2/c1-9-4-5-12(18)6-14(9)19-17(20)16-7-15-13(8-21-16)10(2)11(3)22-15/h4-7H,8H2,1-3H3,(H,19,20). The van der Waals surface area contributed by atoms with E-state index < -0.39 is 0 Å². The summed E-state index contributed by atoms with van der Waals surface area (Å²) >= 11 is 9.36. The number of thioether (sulfide) groups is 1. The maximum absolute atomic E-state index is 12.5. The lowest BCUT2D eigenvalue weighted by Crippen LogP contribution is -2.14. The molecule has 0 unspecified atom stereocenters. The average Bonchev–Trinajstić information content (AvgIpc) is 2.77. The molecule has 0 radical (unpaired) electrons. The maximum Gasteiger partial charge on any atom is 0.262 e. The van der Waals surface area contributed by atoms with Crippen molar-refractivity contribution in [1.29, 1.82) is 0 Å². The smallest absolute Gasteiger partial charge is 0.262 e. The first-order valence-electron chi connectivity index (χ1n) is 6.96. The van der Waals surface area contributed by atoms with Crippen LogP contribution in [0.3, 0.4) is 0 Å². The Morgan fingerprint density at radius 2 is 2.05 bits per heavy atom. The van der Waals surface area contributed by atoms with Crippen LogP contribution in [0.25, 0.3) is 6.08 Å². The van der Waals surface area contributed by atoms with Gasteiger partial charge in [-0.05, 0) is 55.7 Å². The molecule has 0 bridgehead atoms. The molecular formula is C17H16ClNOS2. The lowest BCUT2D eigenvalue weighted by molar-refractivity contribution is -0.112. The normalized spacial score (nSPS) is 13.5. The Hall–Kier alpha value is -1.23. The van der Waals surface area contributed by atoms with Crippen molar-refractivity contribution in [1.82, 2.24) is 0 Å². The molecule has 0 atom stereocenters. The summed E-state index contributed by atoms with van der Waals surface area (Å²) in [6.45, 7) is 6.24. The fourth-order valence-corrected chi connectivity index (χ4v) is 4.88. The van der Waals surface area contributed by atoms with Crippen molar-refractivity contribution in [2.45, 2.75) is 26.5 Å². The summed E-state index contributed by atoms with van der Waals surface area (Å²) in [7, 11) is 0. The van der Waals surface area contributed by atoms with E-state index in [1.807, 2.05) is 25.1 Å². The Kier molecular flexibility index (Phi) is 4.35. The molecule has 2 aromatic rings. The summed E-state index contributed by atoms with van der Waals surface area (Å²) in [5.74, 6) is 0.795. The summed E-state index contributed by atoms with van der Waals surface area (Å²) in [6, 6.07) is 5.52. The minimum Gasteiger partial charge on any atom is -0.321 e. The molecule has 5 heteroatoms. The zero-order chi connectivity index (χ0) is 15.9. The van der Waals surface area contributed by atoms with Crippen LogP contribution < -0.4 is 5.32 Å². The second-order valence-electron chi connectivity index (χ2n) is 5.34. The predicted molar refractivity (Wildman–Crippen MR) is 97.9 cm³/mol. The number of carbonyl (C=O) groups excluding carboxylic acids is 1. The van der Waals surface area contributed by atoms with E-state index >= 15 is 0 Å². The molecule has 1 N–H and O–H groups in total. The molecule has 1 amide bonds. The first kappa shape index (κ1) is 15.7. The van der Waals surface area contributed by atoms with E-state index in [1.54, 1.807) is 29.2 Å². The van der Waals surface area contributed by atoms with Crippen molar-refractivity contribution in [2.75, 3.05) is 5.32 Å². The number of halogens is 1. The van der Waals surface area contributed by atoms with Crippen LogP contribution in [0, 0.1) is 20.8 Å². The predicted octanol–water partition coefficient (Wildman–Crippen LogP) is 5.55. The Bertz CT molecular complexity index is 792. The number of thiophene rings is 1. The van der Waals surface area contributed by atoms with Crippen LogP contribution in [0.4, 0.5) is 5.69 Å². The van der Waals surface area contributed by atoms with E-state index in [9.17, 15) is 4.79 Å². The molecule has 3 rings (SSSR count). The summed E-state index contributed by atoms with van der Waals surface area (Å²) in [5, 5.41) is 3.59. The van der Waals surface area contributed by atoms with Gasteiger partial charge in [-0.2, -0.15) is 0 Å². The highest BCUT2D eigenvalue weighted by atomic mass is 35.5. The first-order valence-corrected chi connectivity index (χ1v) is 9.14. The topological polar surface area (TPSA) is 29.1 Å². The third kappa shape index (κ3) is 2.96. The van der Waals surface area contributed by atoms with Gasteiger partial charge in [0.05, 0.1) is 4.91 Å². The molecule has 1 aliphatic heterocycles.